The number of aryl methyl sites for hydroxylation is 2. The number of aromatic nitrogens is 1. The Bertz CT molecular complexity index is 968. The Balaban J connectivity index is 1.76. The van der Waals surface area contributed by atoms with Crippen LogP contribution in [0.25, 0.3) is 10.6 Å². The molecule has 0 bridgehead atoms. The van der Waals surface area contributed by atoms with Crippen LogP contribution in [0.2, 0.25) is 15.1 Å². The summed E-state index contributed by atoms with van der Waals surface area (Å²) in [6.45, 7) is 1.83. The molecule has 134 valence electrons. The lowest BCUT2D eigenvalue weighted by atomic mass is 10.1. The highest BCUT2D eigenvalue weighted by atomic mass is 35.5. The first-order valence-corrected chi connectivity index (χ1v) is 9.74. The van der Waals surface area contributed by atoms with E-state index in [9.17, 15) is 9.90 Å². The van der Waals surface area contributed by atoms with Crippen molar-refractivity contribution in [2.75, 3.05) is 0 Å². The van der Waals surface area contributed by atoms with Gasteiger partial charge < -0.3 is 5.11 Å². The molecule has 1 aromatic heterocycles. The first-order valence-electron chi connectivity index (χ1n) is 7.79. The van der Waals surface area contributed by atoms with E-state index >= 15 is 0 Å². The number of benzene rings is 2. The lowest BCUT2D eigenvalue weighted by molar-refractivity contribution is 0.0986. The van der Waals surface area contributed by atoms with E-state index < -0.39 is 0 Å². The number of thiazole rings is 1. The van der Waals surface area contributed by atoms with Gasteiger partial charge in [0.25, 0.3) is 0 Å². The minimum Gasteiger partial charge on any atom is -0.506 e. The summed E-state index contributed by atoms with van der Waals surface area (Å²) in [5.41, 5.74) is 2.36. The number of carbonyl (C=O) groups is 1. The third-order valence-electron chi connectivity index (χ3n) is 3.90. The van der Waals surface area contributed by atoms with Crippen LogP contribution in [0, 0.1) is 6.92 Å². The maximum Gasteiger partial charge on any atom is 0.175 e. The second kappa shape index (κ2) is 7.97. The largest absolute Gasteiger partial charge is 0.506 e. The molecule has 0 aliphatic carbocycles. The van der Waals surface area contributed by atoms with Gasteiger partial charge in [-0.05, 0) is 37.1 Å². The lowest BCUT2D eigenvalue weighted by Crippen LogP contribution is -2.01. The zero-order valence-electron chi connectivity index (χ0n) is 13.7. The van der Waals surface area contributed by atoms with Crippen molar-refractivity contribution in [3.05, 3.63) is 67.6 Å². The third-order valence-corrected chi connectivity index (χ3v) is 6.31. The Morgan fingerprint density at radius 3 is 2.46 bits per heavy atom. The fourth-order valence-corrected chi connectivity index (χ4v) is 4.11. The topological polar surface area (TPSA) is 50.2 Å². The fraction of sp³-hybridized carbons (Fsp3) is 0.158. The molecule has 0 aliphatic heterocycles. The molecule has 3 rings (SSSR count). The monoisotopic (exact) mass is 425 g/mol. The Hall–Kier alpha value is -1.59. The standard InChI is InChI=1S/C19H14Cl3NO2S/c1-10-18(26-19(23-10)12-2-6-13(20)7-3-12)15(25)9-5-11-4-8-14(24)17(22)16(11)21/h2-4,6-8,24H,5,9H2,1H3. The van der Waals surface area contributed by atoms with E-state index in [1.54, 1.807) is 18.2 Å². The maximum atomic E-state index is 12.6. The molecule has 0 fully saturated rings. The van der Waals surface area contributed by atoms with Crippen LogP contribution in [-0.2, 0) is 6.42 Å². The van der Waals surface area contributed by atoms with E-state index in [1.165, 1.54) is 17.4 Å². The molecule has 0 atom stereocenters. The van der Waals surface area contributed by atoms with Gasteiger partial charge >= 0.3 is 0 Å². The number of hydrogen-bond acceptors (Lipinski definition) is 4. The predicted molar refractivity (Wildman–Crippen MR) is 108 cm³/mol. The van der Waals surface area contributed by atoms with Crippen molar-refractivity contribution in [2.45, 2.75) is 19.8 Å². The summed E-state index contributed by atoms with van der Waals surface area (Å²) in [5, 5.41) is 11.4. The van der Waals surface area contributed by atoms with E-state index in [2.05, 4.69) is 4.98 Å². The Morgan fingerprint density at radius 1 is 1.08 bits per heavy atom. The Kier molecular flexibility index (Phi) is 5.88. The molecule has 0 saturated carbocycles. The Labute approximate surface area is 170 Å². The van der Waals surface area contributed by atoms with Gasteiger partial charge in [-0.3, -0.25) is 4.79 Å². The molecule has 0 saturated heterocycles. The SMILES string of the molecule is Cc1nc(-c2ccc(Cl)cc2)sc1C(=O)CCc1ccc(O)c(Cl)c1Cl. The van der Waals surface area contributed by atoms with E-state index in [4.69, 9.17) is 34.8 Å². The number of aromatic hydroxyl groups is 1. The quantitative estimate of drug-likeness (QED) is 0.468. The number of halogens is 3. The first-order chi connectivity index (χ1) is 12.4. The summed E-state index contributed by atoms with van der Waals surface area (Å²) in [6.07, 6.45) is 0.717. The summed E-state index contributed by atoms with van der Waals surface area (Å²) in [6, 6.07) is 10.5. The second-order valence-corrected chi connectivity index (χ2v) is 7.93. The smallest absolute Gasteiger partial charge is 0.175 e. The minimum absolute atomic E-state index is 0.000442. The molecule has 26 heavy (non-hydrogen) atoms. The van der Waals surface area contributed by atoms with Crippen LogP contribution in [0.4, 0.5) is 0 Å². The fourth-order valence-electron chi connectivity index (χ4n) is 2.51. The first kappa shape index (κ1) is 19.2. The van der Waals surface area contributed by atoms with Gasteiger partial charge in [-0.25, -0.2) is 4.98 Å². The van der Waals surface area contributed by atoms with Crippen molar-refractivity contribution in [1.82, 2.24) is 4.98 Å². The summed E-state index contributed by atoms with van der Waals surface area (Å²) in [4.78, 5) is 17.8. The number of hydrogen-bond donors (Lipinski definition) is 1. The zero-order valence-corrected chi connectivity index (χ0v) is 16.8. The van der Waals surface area contributed by atoms with Crippen LogP contribution in [0.3, 0.4) is 0 Å². The summed E-state index contributed by atoms with van der Waals surface area (Å²) in [7, 11) is 0. The highest BCUT2D eigenvalue weighted by Gasteiger charge is 2.17. The van der Waals surface area contributed by atoms with Crippen LogP contribution in [-0.4, -0.2) is 15.9 Å². The number of rotatable bonds is 5. The van der Waals surface area contributed by atoms with Crippen molar-refractivity contribution in [3.8, 4) is 16.3 Å². The number of nitrogens with zero attached hydrogens (tertiary/aromatic N) is 1. The van der Waals surface area contributed by atoms with Gasteiger partial charge in [0, 0.05) is 17.0 Å². The molecule has 1 N–H and O–H groups in total. The van der Waals surface area contributed by atoms with Crippen molar-refractivity contribution in [1.29, 1.82) is 0 Å². The maximum absolute atomic E-state index is 12.6. The highest BCUT2D eigenvalue weighted by Crippen LogP contribution is 2.35. The van der Waals surface area contributed by atoms with Gasteiger partial charge in [-0.1, -0.05) is 53.0 Å². The molecule has 2 aromatic carbocycles. The molecule has 7 heteroatoms. The average molecular weight is 427 g/mol. The molecule has 0 aliphatic rings. The van der Waals surface area contributed by atoms with Crippen LogP contribution in [0.5, 0.6) is 5.75 Å². The van der Waals surface area contributed by atoms with Gasteiger partial charge in [-0.15, -0.1) is 11.3 Å². The molecular weight excluding hydrogens is 413 g/mol. The van der Waals surface area contributed by atoms with Gasteiger partial charge in [0.05, 0.1) is 15.6 Å². The molecule has 0 unspecified atom stereocenters. The average Bonchev–Trinajstić information content (AvgIpc) is 3.01. The van der Waals surface area contributed by atoms with Crippen molar-refractivity contribution in [2.24, 2.45) is 0 Å². The molecule has 0 radical (unpaired) electrons. The zero-order chi connectivity index (χ0) is 18.8. The van der Waals surface area contributed by atoms with Crippen LogP contribution in [0.1, 0.15) is 27.3 Å². The number of Topliss-reactive ketones (excluding diaryl/α,β-unsaturated/α-hetero) is 1. The third kappa shape index (κ3) is 4.04. The van der Waals surface area contributed by atoms with Crippen LogP contribution in [0.15, 0.2) is 36.4 Å². The minimum atomic E-state index is -0.0716. The van der Waals surface area contributed by atoms with Gasteiger partial charge in [-0.2, -0.15) is 0 Å². The Morgan fingerprint density at radius 2 is 1.77 bits per heavy atom. The van der Waals surface area contributed by atoms with Crippen LogP contribution < -0.4 is 0 Å². The van der Waals surface area contributed by atoms with Crippen molar-refractivity contribution in [3.63, 3.8) is 0 Å². The van der Waals surface area contributed by atoms with E-state index in [1.807, 2.05) is 19.1 Å². The van der Waals surface area contributed by atoms with E-state index in [0.29, 0.717) is 22.0 Å². The van der Waals surface area contributed by atoms with Gasteiger partial charge in [0.15, 0.2) is 5.78 Å². The lowest BCUT2D eigenvalue weighted by Gasteiger charge is -2.06. The van der Waals surface area contributed by atoms with Gasteiger partial charge in [0.2, 0.25) is 0 Å². The second-order valence-electron chi connectivity index (χ2n) is 5.74. The molecule has 1 heterocycles. The highest BCUT2D eigenvalue weighted by molar-refractivity contribution is 7.17. The van der Waals surface area contributed by atoms with Crippen molar-refractivity contribution < 1.29 is 9.90 Å². The number of carbonyl (C=O) groups excluding carboxylic acids is 1. The number of phenols is 1. The normalized spacial score (nSPS) is 10.9. The molecule has 0 spiro atoms. The van der Waals surface area contributed by atoms with E-state index in [0.717, 1.165) is 16.1 Å². The predicted octanol–water partition coefficient (Wildman–Crippen LogP) is 6.60. The van der Waals surface area contributed by atoms with Gasteiger partial charge in [0.1, 0.15) is 15.8 Å². The van der Waals surface area contributed by atoms with E-state index in [-0.39, 0.29) is 28.0 Å². The summed E-state index contributed by atoms with van der Waals surface area (Å²) < 4.78 is 0. The molecule has 3 nitrogen and oxygen atoms in total. The molecule has 3 aromatic rings. The molecular formula is C19H14Cl3NO2S. The number of phenolic OH excluding ortho intramolecular Hbond substituents is 1. The molecule has 0 amide bonds. The summed E-state index contributed by atoms with van der Waals surface area (Å²) in [5.74, 6) is -0.0712. The van der Waals surface area contributed by atoms with Crippen molar-refractivity contribution >= 4 is 51.9 Å². The summed E-state index contributed by atoms with van der Waals surface area (Å²) >= 11 is 19.4. The number of ketones is 1. The van der Waals surface area contributed by atoms with Crippen LogP contribution >= 0.6 is 46.1 Å².